The fourth-order valence-electron chi connectivity index (χ4n) is 3.03. The summed E-state index contributed by atoms with van der Waals surface area (Å²) >= 11 is 0. The average molecular weight is 298 g/mol. The zero-order valence-electron chi connectivity index (χ0n) is 12.7. The molecule has 22 heavy (non-hydrogen) atoms. The Kier molecular flexibility index (Phi) is 3.91. The van der Waals surface area contributed by atoms with Crippen LogP contribution in [0.1, 0.15) is 35.8 Å². The first-order valence-corrected chi connectivity index (χ1v) is 8.17. The summed E-state index contributed by atoms with van der Waals surface area (Å²) in [4.78, 5) is 0. The molecule has 5 nitrogen and oxygen atoms in total. The molecule has 1 N–H and O–H groups in total. The van der Waals surface area contributed by atoms with E-state index in [4.69, 9.17) is 4.74 Å². The molecule has 1 unspecified atom stereocenters. The van der Waals surface area contributed by atoms with Gasteiger partial charge in [-0.15, -0.1) is 5.10 Å². The van der Waals surface area contributed by atoms with E-state index in [1.54, 1.807) is 0 Å². The molecule has 116 valence electrons. The van der Waals surface area contributed by atoms with Crippen LogP contribution in [0, 0.1) is 5.92 Å². The highest BCUT2D eigenvalue weighted by molar-refractivity contribution is 5.19. The summed E-state index contributed by atoms with van der Waals surface area (Å²) in [6.45, 7) is 3.30. The summed E-state index contributed by atoms with van der Waals surface area (Å²) in [5, 5.41) is 12.3. The Balaban J connectivity index is 1.38. The molecule has 0 radical (unpaired) electrons. The van der Waals surface area contributed by atoms with Gasteiger partial charge in [-0.3, -0.25) is 0 Å². The zero-order valence-corrected chi connectivity index (χ0v) is 12.7. The Morgan fingerprint density at radius 3 is 2.91 bits per heavy atom. The van der Waals surface area contributed by atoms with Crippen LogP contribution < -0.4 is 5.32 Å². The fraction of sp³-hybridized carbons (Fsp3) is 0.529. The van der Waals surface area contributed by atoms with Gasteiger partial charge in [-0.2, -0.15) is 0 Å². The second-order valence-electron chi connectivity index (χ2n) is 6.30. The van der Waals surface area contributed by atoms with E-state index in [0.29, 0.717) is 13.2 Å². The summed E-state index contributed by atoms with van der Waals surface area (Å²) < 4.78 is 8.00. The average Bonchev–Trinajstić information content (AvgIpc) is 3.28. The second-order valence-corrected chi connectivity index (χ2v) is 6.30. The molecule has 4 rings (SSSR count). The summed E-state index contributed by atoms with van der Waals surface area (Å²) in [6.07, 6.45) is 3.71. The highest BCUT2D eigenvalue weighted by Crippen LogP contribution is 2.31. The van der Waals surface area contributed by atoms with Crippen LogP contribution in [0.3, 0.4) is 0 Å². The third-order valence-corrected chi connectivity index (χ3v) is 4.47. The number of fused-ring (bicyclic) bond motifs is 1. The lowest BCUT2D eigenvalue weighted by Gasteiger charge is -2.23. The maximum Gasteiger partial charge on any atom is 0.105 e. The van der Waals surface area contributed by atoms with Gasteiger partial charge in [0, 0.05) is 19.5 Å². The molecule has 0 bridgehead atoms. The molecule has 1 atom stereocenters. The van der Waals surface area contributed by atoms with Crippen molar-refractivity contribution in [1.82, 2.24) is 20.3 Å². The molecule has 1 saturated carbocycles. The van der Waals surface area contributed by atoms with Crippen molar-refractivity contribution in [1.29, 1.82) is 0 Å². The minimum atomic E-state index is 0.167. The van der Waals surface area contributed by atoms with E-state index in [0.717, 1.165) is 31.1 Å². The molecule has 2 aliphatic rings. The van der Waals surface area contributed by atoms with Crippen molar-refractivity contribution >= 4 is 0 Å². The molecule has 1 aromatic heterocycles. The molecular weight excluding hydrogens is 276 g/mol. The van der Waals surface area contributed by atoms with Crippen molar-refractivity contribution in [2.45, 2.75) is 38.5 Å². The molecule has 1 fully saturated rings. The van der Waals surface area contributed by atoms with Crippen LogP contribution in [0.2, 0.25) is 0 Å². The number of hydrogen-bond donors (Lipinski definition) is 1. The second kappa shape index (κ2) is 6.18. The Bertz CT molecular complexity index is 621. The molecule has 1 aromatic carbocycles. The fourth-order valence-corrected chi connectivity index (χ4v) is 3.03. The van der Waals surface area contributed by atoms with Gasteiger partial charge in [0.15, 0.2) is 0 Å². The third kappa shape index (κ3) is 3.05. The lowest BCUT2D eigenvalue weighted by Crippen LogP contribution is -2.33. The number of nitrogens with zero attached hydrogens (tertiary/aromatic N) is 3. The number of rotatable bonds is 6. The van der Waals surface area contributed by atoms with Crippen molar-refractivity contribution < 1.29 is 4.74 Å². The van der Waals surface area contributed by atoms with Crippen molar-refractivity contribution in [3.63, 3.8) is 0 Å². The van der Waals surface area contributed by atoms with Gasteiger partial charge < -0.3 is 10.1 Å². The first kappa shape index (κ1) is 13.9. The molecule has 2 heterocycles. The van der Waals surface area contributed by atoms with Crippen LogP contribution in [0.4, 0.5) is 0 Å². The molecular formula is C17H22N4O. The van der Waals surface area contributed by atoms with E-state index < -0.39 is 0 Å². The van der Waals surface area contributed by atoms with Gasteiger partial charge in [0.1, 0.15) is 5.69 Å². The zero-order chi connectivity index (χ0) is 14.8. The van der Waals surface area contributed by atoms with Crippen LogP contribution >= 0.6 is 0 Å². The van der Waals surface area contributed by atoms with Crippen LogP contribution in [-0.2, 0) is 24.3 Å². The van der Waals surface area contributed by atoms with E-state index in [9.17, 15) is 0 Å². The van der Waals surface area contributed by atoms with Crippen LogP contribution in [-0.4, -0.2) is 28.1 Å². The maximum absolute atomic E-state index is 5.88. The molecule has 2 aromatic rings. The predicted molar refractivity (Wildman–Crippen MR) is 83.3 cm³/mol. The molecule has 0 saturated heterocycles. The highest BCUT2D eigenvalue weighted by Gasteiger charge is 2.29. The van der Waals surface area contributed by atoms with Gasteiger partial charge in [0.25, 0.3) is 0 Å². The summed E-state index contributed by atoms with van der Waals surface area (Å²) in [5.74, 6) is 0.827. The highest BCUT2D eigenvalue weighted by atomic mass is 16.5. The Hall–Kier alpha value is -1.72. The first-order chi connectivity index (χ1) is 10.9. The summed E-state index contributed by atoms with van der Waals surface area (Å²) in [6, 6.07) is 10.5. The number of hydrogen-bond acceptors (Lipinski definition) is 4. The molecule has 0 amide bonds. The van der Waals surface area contributed by atoms with Crippen molar-refractivity contribution in [2.24, 2.45) is 5.92 Å². The quantitative estimate of drug-likeness (QED) is 0.887. The lowest BCUT2D eigenvalue weighted by atomic mass is 10.1. The van der Waals surface area contributed by atoms with Crippen molar-refractivity contribution in [3.8, 4) is 0 Å². The van der Waals surface area contributed by atoms with Gasteiger partial charge in [-0.25, -0.2) is 4.68 Å². The molecule has 5 heteroatoms. The SMILES string of the molecule is c1ccc(COCC2NCCc3c2nnn3CC2CC2)cc1. The summed E-state index contributed by atoms with van der Waals surface area (Å²) in [5.41, 5.74) is 3.59. The van der Waals surface area contributed by atoms with E-state index >= 15 is 0 Å². The molecule has 1 aliphatic carbocycles. The van der Waals surface area contributed by atoms with Crippen LogP contribution in [0.25, 0.3) is 0 Å². The Morgan fingerprint density at radius 2 is 2.09 bits per heavy atom. The Labute approximate surface area is 130 Å². The van der Waals surface area contributed by atoms with Gasteiger partial charge in [0.2, 0.25) is 0 Å². The smallest absolute Gasteiger partial charge is 0.105 e. The third-order valence-electron chi connectivity index (χ3n) is 4.47. The van der Waals surface area contributed by atoms with Crippen molar-refractivity contribution in [3.05, 3.63) is 47.3 Å². The van der Waals surface area contributed by atoms with E-state index in [2.05, 4.69) is 32.4 Å². The Morgan fingerprint density at radius 1 is 1.23 bits per heavy atom. The van der Waals surface area contributed by atoms with Gasteiger partial charge in [-0.1, -0.05) is 35.5 Å². The first-order valence-electron chi connectivity index (χ1n) is 8.17. The van der Waals surface area contributed by atoms with Gasteiger partial charge in [0.05, 0.1) is 24.9 Å². The minimum absolute atomic E-state index is 0.167. The van der Waals surface area contributed by atoms with Crippen LogP contribution in [0.15, 0.2) is 30.3 Å². The topological polar surface area (TPSA) is 52.0 Å². The van der Waals surface area contributed by atoms with E-state index in [1.165, 1.54) is 24.1 Å². The molecule has 1 aliphatic heterocycles. The standard InChI is InChI=1S/C17H22N4O/c1-2-4-14(5-3-1)11-22-12-15-17-16(8-9-18-15)21(20-19-17)10-13-6-7-13/h1-5,13,15,18H,6-12H2. The van der Waals surface area contributed by atoms with E-state index in [1.807, 2.05) is 18.2 Å². The minimum Gasteiger partial charge on any atom is -0.375 e. The van der Waals surface area contributed by atoms with Gasteiger partial charge in [-0.05, 0) is 24.3 Å². The van der Waals surface area contributed by atoms with Gasteiger partial charge >= 0.3 is 0 Å². The van der Waals surface area contributed by atoms with Crippen LogP contribution in [0.5, 0.6) is 0 Å². The number of nitrogens with one attached hydrogen (secondary N) is 1. The maximum atomic E-state index is 5.88. The molecule has 0 spiro atoms. The normalized spacial score (nSPS) is 20.8. The number of aromatic nitrogens is 3. The summed E-state index contributed by atoms with van der Waals surface area (Å²) in [7, 11) is 0. The monoisotopic (exact) mass is 298 g/mol. The van der Waals surface area contributed by atoms with Crippen molar-refractivity contribution in [2.75, 3.05) is 13.2 Å². The lowest BCUT2D eigenvalue weighted by molar-refractivity contribution is 0.0957. The number of benzene rings is 1. The predicted octanol–water partition coefficient (Wildman–Crippen LogP) is 2.09. The largest absolute Gasteiger partial charge is 0.375 e. The van der Waals surface area contributed by atoms with E-state index in [-0.39, 0.29) is 6.04 Å². The number of ether oxygens (including phenoxy) is 1.